The minimum atomic E-state index is -0.425. The van der Waals surface area contributed by atoms with Crippen molar-refractivity contribution in [2.45, 2.75) is 25.4 Å². The molecule has 0 bridgehead atoms. The fourth-order valence-electron chi connectivity index (χ4n) is 2.37. The van der Waals surface area contributed by atoms with E-state index in [9.17, 15) is 9.59 Å². The Morgan fingerprint density at radius 1 is 1.32 bits per heavy atom. The second kappa shape index (κ2) is 6.33. The Balaban J connectivity index is 1.80. The second-order valence-corrected chi connectivity index (χ2v) is 4.74. The van der Waals surface area contributed by atoms with E-state index in [1.165, 1.54) is 0 Å². The van der Waals surface area contributed by atoms with Crippen LogP contribution in [0, 0.1) is 0 Å². The summed E-state index contributed by atoms with van der Waals surface area (Å²) in [5, 5.41) is 3.09. The summed E-state index contributed by atoms with van der Waals surface area (Å²) in [6, 6.07) is 9.45. The van der Waals surface area contributed by atoms with Gasteiger partial charge in [0.25, 0.3) is 0 Å². The van der Waals surface area contributed by atoms with Crippen LogP contribution in [-0.2, 0) is 16.1 Å². The number of primary amides is 1. The number of nitrogens with zero attached hydrogens (tertiary/aromatic N) is 1. The molecule has 1 heterocycles. The third-order valence-corrected chi connectivity index (χ3v) is 3.35. The highest BCUT2D eigenvalue weighted by atomic mass is 16.2. The smallest absolute Gasteiger partial charge is 0.240 e. The van der Waals surface area contributed by atoms with E-state index in [1.807, 2.05) is 30.3 Å². The fraction of sp³-hybridized carbons (Fsp3) is 0.429. The number of amides is 2. The number of nitrogens with two attached hydrogens (primary N) is 1. The summed E-state index contributed by atoms with van der Waals surface area (Å²) in [4.78, 5) is 24.8. The number of likely N-dealkylation sites (tertiary alicyclic amines) is 1. The third kappa shape index (κ3) is 3.54. The molecule has 1 aromatic carbocycles. The van der Waals surface area contributed by atoms with Gasteiger partial charge in [-0.1, -0.05) is 30.3 Å². The van der Waals surface area contributed by atoms with Crippen LogP contribution in [0.2, 0.25) is 0 Å². The molecule has 3 N–H and O–H groups in total. The van der Waals surface area contributed by atoms with Crippen LogP contribution in [0.5, 0.6) is 0 Å². The van der Waals surface area contributed by atoms with Crippen molar-refractivity contribution in [2.75, 3.05) is 13.1 Å². The van der Waals surface area contributed by atoms with Gasteiger partial charge in [0.2, 0.25) is 11.8 Å². The highest BCUT2D eigenvalue weighted by Crippen LogP contribution is 2.16. The minimum absolute atomic E-state index is 0.0581. The van der Waals surface area contributed by atoms with Crippen molar-refractivity contribution in [1.82, 2.24) is 10.2 Å². The molecule has 1 aliphatic heterocycles. The van der Waals surface area contributed by atoms with Gasteiger partial charge in [-0.2, -0.15) is 0 Å². The lowest BCUT2D eigenvalue weighted by molar-refractivity contribution is -0.136. The van der Waals surface area contributed by atoms with Gasteiger partial charge < -0.3 is 16.0 Å². The van der Waals surface area contributed by atoms with Crippen LogP contribution in [0.3, 0.4) is 0 Å². The first-order chi connectivity index (χ1) is 9.18. The molecule has 0 aliphatic carbocycles. The normalized spacial score (nSPS) is 18.5. The molecular weight excluding hydrogens is 242 g/mol. The summed E-state index contributed by atoms with van der Waals surface area (Å²) < 4.78 is 0. The lowest BCUT2D eigenvalue weighted by Gasteiger charge is -2.22. The molecule has 2 amide bonds. The van der Waals surface area contributed by atoms with Gasteiger partial charge in [-0.05, 0) is 18.4 Å². The van der Waals surface area contributed by atoms with E-state index in [0.717, 1.165) is 12.0 Å². The number of carbonyl (C=O) groups excluding carboxylic acids is 2. The molecule has 1 fully saturated rings. The van der Waals surface area contributed by atoms with Crippen LogP contribution in [0.4, 0.5) is 0 Å². The first-order valence-electron chi connectivity index (χ1n) is 6.52. The molecule has 1 unspecified atom stereocenters. The van der Waals surface area contributed by atoms with Gasteiger partial charge in [0, 0.05) is 13.1 Å². The Kier molecular flexibility index (Phi) is 4.52. The average molecular weight is 261 g/mol. The van der Waals surface area contributed by atoms with Crippen LogP contribution < -0.4 is 11.1 Å². The summed E-state index contributed by atoms with van der Waals surface area (Å²) in [5.41, 5.74) is 6.42. The van der Waals surface area contributed by atoms with E-state index in [4.69, 9.17) is 5.73 Å². The van der Waals surface area contributed by atoms with E-state index in [2.05, 4.69) is 5.32 Å². The molecule has 2 rings (SSSR count). The number of rotatable bonds is 5. The quantitative estimate of drug-likeness (QED) is 0.798. The van der Waals surface area contributed by atoms with Gasteiger partial charge in [-0.15, -0.1) is 0 Å². The second-order valence-electron chi connectivity index (χ2n) is 4.74. The predicted molar refractivity (Wildman–Crippen MR) is 72.1 cm³/mol. The molecule has 0 aromatic heterocycles. The maximum Gasteiger partial charge on any atom is 0.240 e. The Morgan fingerprint density at radius 2 is 2.05 bits per heavy atom. The standard InChI is InChI=1S/C14H19N3O2/c15-14(19)12-7-4-8-17(12)13(18)10-16-9-11-5-2-1-3-6-11/h1-3,5-6,12,16H,4,7-10H2,(H2,15,19). The zero-order valence-electron chi connectivity index (χ0n) is 10.8. The third-order valence-electron chi connectivity index (χ3n) is 3.35. The number of nitrogens with one attached hydrogen (secondary N) is 1. The topological polar surface area (TPSA) is 75.4 Å². The SMILES string of the molecule is NC(=O)C1CCCN1C(=O)CNCc1ccccc1. The fourth-order valence-corrected chi connectivity index (χ4v) is 2.37. The Labute approximate surface area is 112 Å². The number of hydrogen-bond acceptors (Lipinski definition) is 3. The summed E-state index contributed by atoms with van der Waals surface area (Å²) >= 11 is 0. The van der Waals surface area contributed by atoms with Crippen molar-refractivity contribution < 1.29 is 9.59 Å². The lowest BCUT2D eigenvalue weighted by atomic mass is 10.2. The van der Waals surface area contributed by atoms with Crippen molar-refractivity contribution >= 4 is 11.8 Å². The van der Waals surface area contributed by atoms with E-state index in [1.54, 1.807) is 4.90 Å². The largest absolute Gasteiger partial charge is 0.368 e. The van der Waals surface area contributed by atoms with Gasteiger partial charge >= 0.3 is 0 Å². The molecule has 19 heavy (non-hydrogen) atoms. The number of carbonyl (C=O) groups is 2. The minimum Gasteiger partial charge on any atom is -0.368 e. The molecule has 0 saturated carbocycles. The van der Waals surface area contributed by atoms with Crippen LogP contribution in [0.1, 0.15) is 18.4 Å². The van der Waals surface area contributed by atoms with Gasteiger partial charge in [0.15, 0.2) is 0 Å². The molecule has 5 heteroatoms. The average Bonchev–Trinajstić information content (AvgIpc) is 2.89. The predicted octanol–water partition coefficient (Wildman–Crippen LogP) is 0.253. The Morgan fingerprint density at radius 3 is 2.74 bits per heavy atom. The number of hydrogen-bond donors (Lipinski definition) is 2. The van der Waals surface area contributed by atoms with Crippen LogP contribution >= 0.6 is 0 Å². The van der Waals surface area contributed by atoms with Crippen LogP contribution in [0.25, 0.3) is 0 Å². The van der Waals surface area contributed by atoms with Gasteiger partial charge in [-0.25, -0.2) is 0 Å². The van der Waals surface area contributed by atoms with Crippen molar-refractivity contribution in [3.63, 3.8) is 0 Å². The van der Waals surface area contributed by atoms with Crippen LogP contribution in [0.15, 0.2) is 30.3 Å². The highest BCUT2D eigenvalue weighted by Gasteiger charge is 2.31. The first-order valence-corrected chi connectivity index (χ1v) is 6.52. The van der Waals surface area contributed by atoms with Crippen molar-refractivity contribution in [2.24, 2.45) is 5.73 Å². The molecule has 1 aliphatic rings. The molecule has 0 spiro atoms. The Hall–Kier alpha value is -1.88. The molecule has 5 nitrogen and oxygen atoms in total. The summed E-state index contributed by atoms with van der Waals surface area (Å²) in [6.45, 7) is 1.50. The molecule has 1 atom stereocenters. The van der Waals surface area contributed by atoms with Crippen LogP contribution in [-0.4, -0.2) is 35.8 Å². The number of benzene rings is 1. The zero-order valence-corrected chi connectivity index (χ0v) is 10.8. The van der Waals surface area contributed by atoms with Gasteiger partial charge in [-0.3, -0.25) is 9.59 Å². The first kappa shape index (κ1) is 13.5. The lowest BCUT2D eigenvalue weighted by Crippen LogP contribution is -2.46. The van der Waals surface area contributed by atoms with E-state index in [0.29, 0.717) is 19.5 Å². The van der Waals surface area contributed by atoms with Crippen molar-refractivity contribution in [3.8, 4) is 0 Å². The summed E-state index contributed by atoms with van der Waals surface area (Å²) in [7, 11) is 0. The monoisotopic (exact) mass is 261 g/mol. The van der Waals surface area contributed by atoms with E-state index >= 15 is 0 Å². The van der Waals surface area contributed by atoms with E-state index in [-0.39, 0.29) is 12.5 Å². The molecule has 0 radical (unpaired) electrons. The van der Waals surface area contributed by atoms with Crippen molar-refractivity contribution in [3.05, 3.63) is 35.9 Å². The molecule has 102 valence electrons. The zero-order chi connectivity index (χ0) is 13.7. The molecule has 1 saturated heterocycles. The molecule has 1 aromatic rings. The van der Waals surface area contributed by atoms with Gasteiger partial charge in [0.05, 0.1) is 6.54 Å². The summed E-state index contributed by atoms with van der Waals surface area (Å²) in [6.07, 6.45) is 1.53. The Bertz CT molecular complexity index is 447. The maximum absolute atomic E-state index is 12.0. The summed E-state index contributed by atoms with van der Waals surface area (Å²) in [5.74, 6) is -0.467. The van der Waals surface area contributed by atoms with Crippen molar-refractivity contribution in [1.29, 1.82) is 0 Å². The maximum atomic E-state index is 12.0. The molecular formula is C14H19N3O2. The highest BCUT2D eigenvalue weighted by molar-refractivity contribution is 5.88. The van der Waals surface area contributed by atoms with E-state index < -0.39 is 11.9 Å². The van der Waals surface area contributed by atoms with Gasteiger partial charge in [0.1, 0.15) is 6.04 Å².